The van der Waals surface area contributed by atoms with E-state index in [4.69, 9.17) is 0 Å². The number of halogens is 2. The lowest BCUT2D eigenvalue weighted by atomic mass is 9.78. The van der Waals surface area contributed by atoms with E-state index in [0.717, 1.165) is 41.6 Å². The summed E-state index contributed by atoms with van der Waals surface area (Å²) in [6.07, 6.45) is 9.87. The fourth-order valence-electron chi connectivity index (χ4n) is 6.52. The van der Waals surface area contributed by atoms with Crippen molar-refractivity contribution in [3.8, 4) is 0 Å². The summed E-state index contributed by atoms with van der Waals surface area (Å²) in [5.74, 6) is -1.22. The van der Waals surface area contributed by atoms with Crippen LogP contribution in [0.1, 0.15) is 42.5 Å². The number of nitrogens with zero attached hydrogens (tertiary/aromatic N) is 1. The molecule has 1 unspecified atom stereocenters. The van der Waals surface area contributed by atoms with Gasteiger partial charge in [0.25, 0.3) is 0 Å². The topological polar surface area (TPSA) is 124 Å². The van der Waals surface area contributed by atoms with Gasteiger partial charge in [-0.1, -0.05) is 25.0 Å². The SMILES string of the molecule is O=C(CNC(=O)C1(NCCc2cc(F)cc(F)c2)CCCC1)Nc1cnc2c(c1)CC1(C2)C(=O)NC2=C1C=CCN2. The van der Waals surface area contributed by atoms with Crippen molar-refractivity contribution in [3.05, 3.63) is 82.5 Å². The van der Waals surface area contributed by atoms with Gasteiger partial charge in [-0.15, -0.1) is 0 Å². The molecule has 1 aromatic carbocycles. The van der Waals surface area contributed by atoms with Gasteiger partial charge in [0.1, 0.15) is 17.5 Å². The molecule has 2 aromatic rings. The third kappa shape index (κ3) is 5.21. The molecule has 1 spiro atoms. The minimum Gasteiger partial charge on any atom is -0.368 e. The largest absolute Gasteiger partial charge is 0.368 e. The first-order valence-electron chi connectivity index (χ1n) is 14.0. The molecule has 5 N–H and O–H groups in total. The predicted octanol–water partition coefficient (Wildman–Crippen LogP) is 2.15. The average molecular weight is 563 g/mol. The number of allylic oxidation sites excluding steroid dienone is 1. The highest BCUT2D eigenvalue weighted by molar-refractivity contribution is 5.97. The predicted molar refractivity (Wildman–Crippen MR) is 147 cm³/mol. The van der Waals surface area contributed by atoms with Crippen molar-refractivity contribution in [1.29, 1.82) is 0 Å². The van der Waals surface area contributed by atoms with Crippen LogP contribution in [0.4, 0.5) is 14.5 Å². The van der Waals surface area contributed by atoms with Gasteiger partial charge in [-0.05, 0) is 55.0 Å². The number of amides is 3. The molecule has 1 saturated carbocycles. The number of carbonyl (C=O) groups is 3. The Labute approximate surface area is 236 Å². The minimum absolute atomic E-state index is 0.0506. The normalized spacial score (nSPS) is 21.9. The summed E-state index contributed by atoms with van der Waals surface area (Å²) in [5, 5.41) is 15.0. The van der Waals surface area contributed by atoms with Gasteiger partial charge in [-0.25, -0.2) is 8.78 Å². The van der Waals surface area contributed by atoms with E-state index in [1.807, 2.05) is 18.2 Å². The number of nitrogens with one attached hydrogen (secondary N) is 5. The molecule has 3 heterocycles. The highest BCUT2D eigenvalue weighted by Gasteiger charge is 2.52. The minimum atomic E-state index is -0.826. The van der Waals surface area contributed by atoms with Crippen LogP contribution in [0.2, 0.25) is 0 Å². The number of fused-ring (bicyclic) bond motifs is 2. The maximum absolute atomic E-state index is 13.5. The zero-order valence-corrected chi connectivity index (χ0v) is 22.5. The lowest BCUT2D eigenvalue weighted by Gasteiger charge is -2.29. The number of rotatable bonds is 8. The quantitative estimate of drug-likeness (QED) is 0.336. The van der Waals surface area contributed by atoms with Crippen LogP contribution in [-0.4, -0.2) is 47.9 Å². The van der Waals surface area contributed by atoms with E-state index in [9.17, 15) is 23.2 Å². The molecule has 1 atom stereocenters. The number of hydrogen-bond acceptors (Lipinski definition) is 6. The molecule has 4 aliphatic rings. The monoisotopic (exact) mass is 562 g/mol. The van der Waals surface area contributed by atoms with Gasteiger partial charge in [0, 0.05) is 36.8 Å². The van der Waals surface area contributed by atoms with Crippen LogP contribution in [0.5, 0.6) is 0 Å². The van der Waals surface area contributed by atoms with Crippen LogP contribution < -0.4 is 26.6 Å². The van der Waals surface area contributed by atoms with E-state index in [-0.39, 0.29) is 24.3 Å². The van der Waals surface area contributed by atoms with E-state index in [1.54, 1.807) is 6.20 Å². The van der Waals surface area contributed by atoms with Gasteiger partial charge in [0.05, 0.1) is 29.4 Å². The molecule has 2 aliphatic carbocycles. The van der Waals surface area contributed by atoms with Crippen LogP contribution in [-0.2, 0) is 33.6 Å². The summed E-state index contributed by atoms with van der Waals surface area (Å²) < 4.78 is 27.0. The van der Waals surface area contributed by atoms with E-state index >= 15 is 0 Å². The lowest BCUT2D eigenvalue weighted by Crippen LogP contribution is -2.56. The third-order valence-electron chi connectivity index (χ3n) is 8.55. The summed E-state index contributed by atoms with van der Waals surface area (Å²) in [6.45, 7) is 0.820. The summed E-state index contributed by atoms with van der Waals surface area (Å²) in [6, 6.07) is 5.24. The molecule has 41 heavy (non-hydrogen) atoms. The average Bonchev–Trinajstić information content (AvgIpc) is 3.64. The number of anilines is 1. The van der Waals surface area contributed by atoms with Crippen LogP contribution in [0.15, 0.2) is 54.0 Å². The lowest BCUT2D eigenvalue weighted by molar-refractivity contribution is -0.129. The first kappa shape index (κ1) is 27.1. The van der Waals surface area contributed by atoms with Crippen molar-refractivity contribution in [2.24, 2.45) is 5.41 Å². The Balaban J connectivity index is 1.04. The zero-order valence-electron chi connectivity index (χ0n) is 22.5. The highest BCUT2D eigenvalue weighted by Crippen LogP contribution is 2.47. The molecule has 11 heteroatoms. The number of benzene rings is 1. The fourth-order valence-corrected chi connectivity index (χ4v) is 6.52. The number of pyridine rings is 1. The second-order valence-corrected chi connectivity index (χ2v) is 11.3. The molecule has 1 aromatic heterocycles. The number of dihydropyridines is 1. The molecule has 9 nitrogen and oxygen atoms in total. The van der Waals surface area contributed by atoms with Crippen LogP contribution >= 0.6 is 0 Å². The second kappa shape index (κ2) is 10.7. The van der Waals surface area contributed by atoms with Crippen LogP contribution in [0, 0.1) is 17.0 Å². The molecule has 1 fully saturated rings. The third-order valence-corrected chi connectivity index (χ3v) is 8.55. The summed E-state index contributed by atoms with van der Waals surface area (Å²) in [7, 11) is 0. The molecule has 6 rings (SSSR count). The smallest absolute Gasteiger partial charge is 0.243 e. The van der Waals surface area contributed by atoms with Crippen molar-refractivity contribution < 1.29 is 23.2 Å². The molecule has 0 radical (unpaired) electrons. The summed E-state index contributed by atoms with van der Waals surface area (Å²) in [4.78, 5) is 43.4. The van der Waals surface area contributed by atoms with E-state index < -0.39 is 22.6 Å². The van der Waals surface area contributed by atoms with Gasteiger partial charge < -0.3 is 26.6 Å². The Morgan fingerprint density at radius 2 is 1.83 bits per heavy atom. The first-order chi connectivity index (χ1) is 19.8. The Morgan fingerprint density at radius 1 is 1.05 bits per heavy atom. The Bertz CT molecular complexity index is 1460. The van der Waals surface area contributed by atoms with E-state index in [0.29, 0.717) is 56.4 Å². The number of carbonyl (C=O) groups excluding carboxylic acids is 3. The molecule has 214 valence electrons. The molecule has 3 amide bonds. The van der Waals surface area contributed by atoms with Crippen molar-refractivity contribution >= 4 is 23.4 Å². The second-order valence-electron chi connectivity index (χ2n) is 11.3. The van der Waals surface area contributed by atoms with Gasteiger partial charge >= 0.3 is 0 Å². The van der Waals surface area contributed by atoms with Crippen molar-refractivity contribution in [1.82, 2.24) is 26.3 Å². The Hall–Kier alpha value is -4.12. The molecule has 2 aliphatic heterocycles. The number of aromatic nitrogens is 1. The maximum Gasteiger partial charge on any atom is 0.243 e. The van der Waals surface area contributed by atoms with Crippen molar-refractivity contribution in [2.75, 3.05) is 25.0 Å². The molecular weight excluding hydrogens is 530 g/mol. The van der Waals surface area contributed by atoms with Gasteiger partial charge in [0.15, 0.2) is 0 Å². The van der Waals surface area contributed by atoms with E-state index in [2.05, 4.69) is 31.6 Å². The Morgan fingerprint density at radius 3 is 2.61 bits per heavy atom. The van der Waals surface area contributed by atoms with Gasteiger partial charge in [-0.2, -0.15) is 0 Å². The number of hydrogen-bond donors (Lipinski definition) is 5. The first-order valence-corrected chi connectivity index (χ1v) is 14.0. The zero-order chi connectivity index (χ0) is 28.6. The van der Waals surface area contributed by atoms with E-state index in [1.165, 1.54) is 12.1 Å². The standard InChI is InChI=1S/C30H32F2N6O3/c31-20-10-18(11-21(32)13-20)5-9-36-30(6-1-2-7-30)28(41)35-17-25(39)37-22-12-19-14-29(15-24(19)34-16-22)23-4-3-8-33-26(23)38-27(29)40/h3-4,10-13,16,33,36H,1-2,5-9,14-15,17H2,(H,35,41)(H,37,39)(H,38,40). The van der Waals surface area contributed by atoms with Gasteiger partial charge in [-0.3, -0.25) is 19.4 Å². The van der Waals surface area contributed by atoms with Gasteiger partial charge in [0.2, 0.25) is 17.7 Å². The summed E-state index contributed by atoms with van der Waals surface area (Å²) >= 11 is 0. The fraction of sp³-hybridized carbons (Fsp3) is 0.400. The van der Waals surface area contributed by atoms with Crippen LogP contribution in [0.3, 0.4) is 0 Å². The maximum atomic E-state index is 13.5. The molecule has 0 bridgehead atoms. The molecular formula is C30H32F2N6O3. The van der Waals surface area contributed by atoms with Crippen molar-refractivity contribution in [2.45, 2.75) is 50.5 Å². The van der Waals surface area contributed by atoms with Crippen molar-refractivity contribution in [3.63, 3.8) is 0 Å². The Kier molecular flexibility index (Phi) is 7.06. The van der Waals surface area contributed by atoms with Crippen LogP contribution in [0.25, 0.3) is 0 Å². The summed E-state index contributed by atoms with van der Waals surface area (Å²) in [5.41, 5.74) is 2.16. The molecule has 0 saturated heterocycles. The highest BCUT2D eigenvalue weighted by atomic mass is 19.1.